The van der Waals surface area contributed by atoms with Crippen molar-refractivity contribution in [1.82, 2.24) is 25.2 Å². The minimum Gasteiger partial charge on any atom is -0.494 e. The lowest BCUT2D eigenvalue weighted by molar-refractivity contribution is 0.194. The maximum atomic E-state index is 12.8. The van der Waals surface area contributed by atoms with Gasteiger partial charge in [0.1, 0.15) is 12.9 Å². The Morgan fingerprint density at radius 3 is 2.64 bits per heavy atom. The normalized spacial score (nSPS) is 13.7. The van der Waals surface area contributed by atoms with E-state index in [0.717, 1.165) is 17.2 Å². The average molecular weight is 498 g/mol. The lowest BCUT2D eigenvalue weighted by atomic mass is 10.1. The van der Waals surface area contributed by atoms with E-state index >= 15 is 0 Å². The Balaban J connectivity index is 2.24. The maximum absolute atomic E-state index is 12.8. The lowest BCUT2D eigenvalue weighted by Gasteiger charge is -2.13. The van der Waals surface area contributed by atoms with Crippen LogP contribution in [-0.2, 0) is 16.0 Å². The van der Waals surface area contributed by atoms with Gasteiger partial charge in [0, 0.05) is 36.8 Å². The van der Waals surface area contributed by atoms with E-state index in [9.17, 15) is 8.78 Å². The molecule has 2 aromatic rings. The summed E-state index contributed by atoms with van der Waals surface area (Å²) in [7, 11) is 3.12. The molecular formula is C25H29F2N7O2. The molecule has 0 aromatic carbocycles. The summed E-state index contributed by atoms with van der Waals surface area (Å²) in [4.78, 5) is 12.9. The van der Waals surface area contributed by atoms with E-state index < -0.39 is 6.43 Å². The first-order valence-corrected chi connectivity index (χ1v) is 10.8. The van der Waals surface area contributed by atoms with Crippen LogP contribution in [0.15, 0.2) is 88.6 Å². The molecular weight excluding hydrogens is 468 g/mol. The molecule has 0 aliphatic heterocycles. The van der Waals surface area contributed by atoms with Crippen molar-refractivity contribution in [2.75, 3.05) is 20.8 Å². The number of halogens is 2. The van der Waals surface area contributed by atoms with Gasteiger partial charge in [-0.2, -0.15) is 0 Å². The average Bonchev–Trinajstić information content (AvgIpc) is 3.37. The number of alkyl halides is 2. The summed E-state index contributed by atoms with van der Waals surface area (Å²) in [6.07, 6.45) is 7.71. The Morgan fingerprint density at radius 1 is 1.25 bits per heavy atom. The number of rotatable bonds is 12. The van der Waals surface area contributed by atoms with E-state index in [2.05, 4.69) is 43.7 Å². The second-order valence-electron chi connectivity index (χ2n) is 7.48. The van der Waals surface area contributed by atoms with Gasteiger partial charge in [-0.1, -0.05) is 25.3 Å². The Hall–Kier alpha value is -4.28. The fraction of sp³-hybridized carbons (Fsp3) is 0.280. The van der Waals surface area contributed by atoms with Crippen LogP contribution in [0.4, 0.5) is 8.78 Å². The van der Waals surface area contributed by atoms with E-state index in [1.807, 2.05) is 13.0 Å². The largest absolute Gasteiger partial charge is 0.494 e. The first-order valence-electron chi connectivity index (χ1n) is 10.8. The second kappa shape index (κ2) is 14.2. The SMILES string of the molecule is C=C/C(=C\C=C(/C)OC/C(C)=C(/C=NC)C(=NC(=C)c1cncc(Cn2cnnn2)c1)OC)C(F)F. The molecule has 2 aromatic heterocycles. The number of aromatic nitrogens is 5. The minimum atomic E-state index is -2.61. The molecule has 2 heterocycles. The molecule has 0 radical (unpaired) electrons. The smallest absolute Gasteiger partial charge is 0.263 e. The van der Waals surface area contributed by atoms with E-state index in [1.54, 1.807) is 37.3 Å². The molecule has 0 saturated heterocycles. The summed E-state index contributed by atoms with van der Waals surface area (Å²) >= 11 is 0. The zero-order chi connectivity index (χ0) is 26.5. The number of allylic oxidation sites excluding steroid dienone is 5. The van der Waals surface area contributed by atoms with Gasteiger partial charge in [0.15, 0.2) is 0 Å². The highest BCUT2D eigenvalue weighted by atomic mass is 19.3. The van der Waals surface area contributed by atoms with Gasteiger partial charge in [-0.05, 0) is 47.6 Å². The molecule has 36 heavy (non-hydrogen) atoms. The quantitative estimate of drug-likeness (QED) is 0.186. The second-order valence-corrected chi connectivity index (χ2v) is 7.48. The number of aliphatic imine (C=N–C) groups is 2. The van der Waals surface area contributed by atoms with E-state index in [1.165, 1.54) is 25.6 Å². The molecule has 0 aliphatic rings. The van der Waals surface area contributed by atoms with Gasteiger partial charge in [-0.15, -0.1) is 5.10 Å². The van der Waals surface area contributed by atoms with Crippen LogP contribution in [0.3, 0.4) is 0 Å². The summed E-state index contributed by atoms with van der Waals surface area (Å²) < 4.78 is 38.5. The van der Waals surface area contributed by atoms with Crippen molar-refractivity contribution < 1.29 is 18.3 Å². The molecule has 0 aliphatic carbocycles. The van der Waals surface area contributed by atoms with Gasteiger partial charge in [-0.3, -0.25) is 9.98 Å². The first kappa shape index (κ1) is 28.0. The van der Waals surface area contributed by atoms with Gasteiger partial charge in [0.05, 0.1) is 30.7 Å². The highest BCUT2D eigenvalue weighted by Gasteiger charge is 2.13. The zero-order valence-corrected chi connectivity index (χ0v) is 20.7. The number of nitrogens with zero attached hydrogens (tertiary/aromatic N) is 7. The molecule has 0 amide bonds. The molecule has 0 atom stereocenters. The fourth-order valence-electron chi connectivity index (χ4n) is 2.84. The molecule has 0 saturated carbocycles. The molecule has 11 heteroatoms. The van der Waals surface area contributed by atoms with Gasteiger partial charge < -0.3 is 9.47 Å². The summed E-state index contributed by atoms with van der Waals surface area (Å²) in [5, 5.41) is 11.1. The molecule has 190 valence electrons. The Kier molecular flexibility index (Phi) is 11.0. The molecule has 0 spiro atoms. The Labute approximate surface area is 209 Å². The summed E-state index contributed by atoms with van der Waals surface area (Å²) in [6.45, 7) is 11.5. The predicted molar refractivity (Wildman–Crippen MR) is 136 cm³/mol. The van der Waals surface area contributed by atoms with Crippen LogP contribution in [0.1, 0.15) is 25.0 Å². The first-order chi connectivity index (χ1) is 17.3. The van der Waals surface area contributed by atoms with Gasteiger partial charge in [0.25, 0.3) is 6.43 Å². The van der Waals surface area contributed by atoms with Crippen molar-refractivity contribution in [2.45, 2.75) is 26.8 Å². The van der Waals surface area contributed by atoms with Gasteiger partial charge in [0.2, 0.25) is 5.90 Å². The van der Waals surface area contributed by atoms with E-state index in [4.69, 9.17) is 9.47 Å². The zero-order valence-electron chi connectivity index (χ0n) is 20.7. The van der Waals surface area contributed by atoms with Crippen LogP contribution < -0.4 is 0 Å². The van der Waals surface area contributed by atoms with Crippen molar-refractivity contribution in [3.05, 3.63) is 89.8 Å². The number of hydrogen-bond acceptors (Lipinski definition) is 8. The maximum Gasteiger partial charge on any atom is 0.263 e. The molecule has 0 unspecified atom stereocenters. The number of tetrazole rings is 1. The molecule has 2 rings (SSSR count). The standard InChI is InChI=1S/C25H29F2N7O2/c1-7-21(24(26)27)9-8-18(3)36-15-17(2)23(13-28-5)25(35-6)31-19(4)22-10-20(11-29-12-22)14-34-16-30-32-33-34/h7-13,16,24H,1,4,14-15H2,2-3,5-6H3/b18-8+,21-9+,23-17-,28-13?,31-25?. The Morgan fingerprint density at radius 2 is 2.03 bits per heavy atom. The van der Waals surface area contributed by atoms with E-state index in [-0.39, 0.29) is 18.1 Å². The van der Waals surface area contributed by atoms with Crippen LogP contribution in [0.2, 0.25) is 0 Å². The highest BCUT2D eigenvalue weighted by molar-refractivity contribution is 6.14. The molecule has 0 N–H and O–H groups in total. The third-order valence-corrected chi connectivity index (χ3v) is 4.76. The highest BCUT2D eigenvalue weighted by Crippen LogP contribution is 2.18. The van der Waals surface area contributed by atoms with Crippen LogP contribution in [-0.4, -0.2) is 64.5 Å². The number of methoxy groups -OCH3 is 1. The van der Waals surface area contributed by atoms with Gasteiger partial charge in [-0.25, -0.2) is 18.5 Å². The molecule has 0 bridgehead atoms. The summed E-state index contributed by atoms with van der Waals surface area (Å²) in [6, 6.07) is 1.89. The van der Waals surface area contributed by atoms with E-state index in [0.29, 0.717) is 29.1 Å². The van der Waals surface area contributed by atoms with Crippen molar-refractivity contribution in [3.63, 3.8) is 0 Å². The number of pyridine rings is 1. The van der Waals surface area contributed by atoms with Crippen LogP contribution in [0.25, 0.3) is 5.70 Å². The third-order valence-electron chi connectivity index (χ3n) is 4.76. The van der Waals surface area contributed by atoms with Crippen LogP contribution in [0, 0.1) is 0 Å². The van der Waals surface area contributed by atoms with Crippen LogP contribution >= 0.6 is 0 Å². The molecule has 0 fully saturated rings. The summed E-state index contributed by atoms with van der Waals surface area (Å²) in [5.41, 5.74) is 3.16. The number of ether oxygens (including phenoxy) is 2. The van der Waals surface area contributed by atoms with Crippen molar-refractivity contribution in [1.29, 1.82) is 0 Å². The van der Waals surface area contributed by atoms with Crippen LogP contribution in [0.5, 0.6) is 0 Å². The summed E-state index contributed by atoms with van der Waals surface area (Å²) in [5.74, 6) is 0.735. The minimum absolute atomic E-state index is 0.160. The topological polar surface area (TPSA) is 99.7 Å². The monoisotopic (exact) mass is 497 g/mol. The molecule has 9 nitrogen and oxygen atoms in total. The van der Waals surface area contributed by atoms with Crippen molar-refractivity contribution in [3.8, 4) is 0 Å². The van der Waals surface area contributed by atoms with Crippen molar-refractivity contribution in [2.24, 2.45) is 9.98 Å². The fourth-order valence-corrected chi connectivity index (χ4v) is 2.84. The third kappa shape index (κ3) is 8.49. The Bertz CT molecular complexity index is 1200. The van der Waals surface area contributed by atoms with Crippen molar-refractivity contribution >= 4 is 17.8 Å². The predicted octanol–water partition coefficient (Wildman–Crippen LogP) is 4.45. The lowest BCUT2D eigenvalue weighted by Crippen LogP contribution is -2.12. The number of hydrogen-bond donors (Lipinski definition) is 0. The van der Waals surface area contributed by atoms with Gasteiger partial charge >= 0.3 is 0 Å².